The number of benzene rings is 2. The first-order chi connectivity index (χ1) is 32.9. The Balaban J connectivity index is 1.31. The van der Waals surface area contributed by atoms with E-state index in [9.17, 15) is 47.1 Å². The minimum atomic E-state index is -1.76. The molecule has 0 aromatic heterocycles. The number of likely N-dealkylation sites (N-methyl/N-ethyl adjacent to an activating group) is 1. The number of hydrogen-bond donors (Lipinski definition) is 3. The van der Waals surface area contributed by atoms with Crippen molar-refractivity contribution in [3.63, 3.8) is 0 Å². The number of amides is 6. The van der Waals surface area contributed by atoms with Gasteiger partial charge >= 0.3 is 11.9 Å². The fourth-order valence-corrected chi connectivity index (χ4v) is 8.98. The summed E-state index contributed by atoms with van der Waals surface area (Å²) in [7, 11) is 1.25. The van der Waals surface area contributed by atoms with Crippen molar-refractivity contribution in [3.05, 3.63) is 75.7 Å². The SMILES string of the molecule is [3H]C(C(=O)N[C@@H](Cc1cc(F)cc(F)c1)C(=O)N[C@H]1COC(=O)[C@@H]2C[C@@H](C)CN2C(=O)[C@H](C)NC(=O)[C@H](COC(=O)c2ccc(N=[N+]=[N-])cc2)N(C)C(=O)[C@@H]2CCCN2C1=O)C([3H])C1CCCCC1. The first-order valence-corrected chi connectivity index (χ1v) is 22.4. The van der Waals surface area contributed by atoms with E-state index in [1.165, 1.54) is 43.1 Å². The molecule has 1 aliphatic carbocycles. The summed E-state index contributed by atoms with van der Waals surface area (Å²) in [6, 6.07) is -0.896. The molecule has 3 aliphatic heterocycles. The third kappa shape index (κ3) is 12.8. The van der Waals surface area contributed by atoms with Gasteiger partial charge < -0.3 is 40.1 Å². The van der Waals surface area contributed by atoms with Gasteiger partial charge in [0.1, 0.15) is 61.1 Å². The van der Waals surface area contributed by atoms with Crippen molar-refractivity contribution in [2.75, 3.05) is 33.4 Å². The Labute approximate surface area is 389 Å². The van der Waals surface area contributed by atoms with E-state index in [4.69, 9.17) is 17.7 Å². The predicted octanol–water partition coefficient (Wildman–Crippen LogP) is 3.75. The van der Waals surface area contributed by atoms with E-state index < -0.39 is 128 Å². The van der Waals surface area contributed by atoms with Gasteiger partial charge in [0, 0.05) is 52.4 Å². The van der Waals surface area contributed by atoms with Gasteiger partial charge in [0.15, 0.2) is 0 Å². The van der Waals surface area contributed by atoms with Crippen molar-refractivity contribution < 1.29 is 59.4 Å². The molecule has 2 unspecified atom stereocenters. The first kappa shape index (κ1) is 46.9. The summed E-state index contributed by atoms with van der Waals surface area (Å²) in [6.45, 7) is 1.65. The minimum absolute atomic E-state index is 0.0178. The van der Waals surface area contributed by atoms with Gasteiger partial charge in [-0.15, -0.1) is 0 Å². The molecule has 6 amide bonds. The molecule has 6 rings (SSSR count). The van der Waals surface area contributed by atoms with Crippen LogP contribution in [0.3, 0.4) is 0 Å². The molecule has 21 heteroatoms. The van der Waals surface area contributed by atoms with Gasteiger partial charge in [0.2, 0.25) is 35.4 Å². The number of halogens is 2. The number of ether oxygens (including phenoxy) is 2. The summed E-state index contributed by atoms with van der Waals surface area (Å²) in [6.07, 6.45) is 1.05. The largest absolute Gasteiger partial charge is 0.461 e. The highest BCUT2D eigenvalue weighted by Crippen LogP contribution is 2.28. The van der Waals surface area contributed by atoms with Crippen LogP contribution in [-0.4, -0.2) is 132 Å². The maximum atomic E-state index is 14.7. The standard InChI is InChI=1S/C46H57F2N9O10/c1-26-18-37-46(65)66-24-35(52-40(59)34(21-29-19-31(47)22-32(48)20-29)51-39(58)16-11-28-8-5-4-6-9-28)43(62)56-17-7-10-36(56)44(63)55(3)38(41(60)50-27(2)42(61)57(37)23-26)25-67-45(64)30-12-14-33(15-13-30)53-54-49/h12-15,19-20,22,26-28,34-38H,4-11,16-18,21,23-25H2,1-3H3,(H,50,60)(H,51,58)(H,52,59)/t26-,27+,34+,35+,36+,37+,38+/m1/s1/i11T,16T/t11?,16?,26-,27+,34+,35+,36+,37+,38+. The normalized spacial score (nSPS) is 26.1. The van der Waals surface area contributed by atoms with Crippen LogP contribution in [0.25, 0.3) is 10.4 Å². The van der Waals surface area contributed by atoms with Gasteiger partial charge in [0.25, 0.3) is 0 Å². The Morgan fingerprint density at radius 1 is 0.955 bits per heavy atom. The molecule has 3 heterocycles. The molecule has 2 aromatic rings. The van der Waals surface area contributed by atoms with Crippen molar-refractivity contribution in [1.29, 1.82) is 0 Å². The minimum Gasteiger partial charge on any atom is -0.461 e. The highest BCUT2D eigenvalue weighted by molar-refractivity contribution is 5.98. The molecule has 2 aromatic carbocycles. The van der Waals surface area contributed by atoms with E-state index >= 15 is 0 Å². The van der Waals surface area contributed by atoms with Gasteiger partial charge in [-0.05, 0) is 79.8 Å². The van der Waals surface area contributed by atoms with Crippen LogP contribution in [0, 0.1) is 23.5 Å². The highest BCUT2D eigenvalue weighted by atomic mass is 19.1. The Morgan fingerprint density at radius 3 is 2.34 bits per heavy atom. The van der Waals surface area contributed by atoms with E-state index in [0.717, 1.165) is 41.2 Å². The second-order valence-electron chi connectivity index (χ2n) is 17.6. The van der Waals surface area contributed by atoms with E-state index in [1.807, 2.05) is 0 Å². The zero-order chi connectivity index (χ0) is 50.1. The van der Waals surface area contributed by atoms with Crippen molar-refractivity contribution in [2.24, 2.45) is 17.0 Å². The molecule has 0 radical (unpaired) electrons. The third-order valence-corrected chi connectivity index (χ3v) is 12.5. The third-order valence-electron chi connectivity index (χ3n) is 12.5. The smallest absolute Gasteiger partial charge is 0.338 e. The molecule has 67 heavy (non-hydrogen) atoms. The molecule has 360 valence electrons. The molecule has 0 spiro atoms. The van der Waals surface area contributed by atoms with Crippen LogP contribution >= 0.6 is 0 Å². The zero-order valence-corrected chi connectivity index (χ0v) is 37.5. The number of carbonyl (C=O) groups excluding carboxylic acids is 8. The molecule has 4 aliphatic rings. The first-order valence-electron chi connectivity index (χ1n) is 23.6. The predicted molar refractivity (Wildman–Crippen MR) is 234 cm³/mol. The molecule has 0 bridgehead atoms. The van der Waals surface area contributed by atoms with Crippen LogP contribution in [0.1, 0.15) is 96.7 Å². The summed E-state index contributed by atoms with van der Waals surface area (Å²) < 4.78 is 57.4. The number of nitrogens with zero attached hydrogens (tertiary/aromatic N) is 6. The van der Waals surface area contributed by atoms with Crippen molar-refractivity contribution in [1.82, 2.24) is 30.7 Å². The summed E-state index contributed by atoms with van der Waals surface area (Å²) in [5.41, 5.74) is 8.89. The summed E-state index contributed by atoms with van der Waals surface area (Å²) in [5.74, 6) is -9.70. The van der Waals surface area contributed by atoms with Gasteiger partial charge in [0.05, 0.1) is 5.56 Å². The number of carbonyl (C=O) groups is 8. The molecule has 9 atom stereocenters. The highest BCUT2D eigenvalue weighted by Gasteiger charge is 2.45. The number of hydrogen-bond acceptors (Lipinski definition) is 11. The Bertz CT molecular complexity index is 2320. The molecule has 3 saturated heterocycles. The van der Waals surface area contributed by atoms with Crippen LogP contribution in [0.15, 0.2) is 47.6 Å². The number of esters is 2. The second kappa shape index (κ2) is 22.7. The van der Waals surface area contributed by atoms with E-state index in [2.05, 4.69) is 26.0 Å². The lowest BCUT2D eigenvalue weighted by Crippen LogP contribution is -2.61. The number of azide groups is 1. The van der Waals surface area contributed by atoms with Crippen LogP contribution in [-0.2, 0) is 49.5 Å². The number of fused-ring (bicyclic) bond motifs is 2. The average molecular weight is 938 g/mol. The van der Waals surface area contributed by atoms with E-state index in [1.54, 1.807) is 6.92 Å². The van der Waals surface area contributed by atoms with E-state index in [-0.39, 0.29) is 61.0 Å². The molecule has 4 fully saturated rings. The lowest BCUT2D eigenvalue weighted by Gasteiger charge is -2.35. The lowest BCUT2D eigenvalue weighted by molar-refractivity contribution is -0.158. The monoisotopic (exact) mass is 937 g/mol. The number of nitrogens with one attached hydrogen (secondary N) is 3. The zero-order valence-electron chi connectivity index (χ0n) is 39.5. The van der Waals surface area contributed by atoms with Gasteiger partial charge in [-0.1, -0.05) is 56.3 Å². The summed E-state index contributed by atoms with van der Waals surface area (Å²) in [5, 5.41) is 11.0. The summed E-state index contributed by atoms with van der Waals surface area (Å²) in [4.78, 5) is 118. The van der Waals surface area contributed by atoms with Crippen molar-refractivity contribution >= 4 is 53.1 Å². The number of cyclic esters (lactones) is 1. The van der Waals surface area contributed by atoms with Crippen LogP contribution in [0.4, 0.5) is 14.5 Å². The quantitative estimate of drug-likeness (QED) is 0.120. The fourth-order valence-electron chi connectivity index (χ4n) is 8.98. The van der Waals surface area contributed by atoms with Gasteiger partial charge in [-0.3, -0.25) is 28.8 Å². The molecule has 3 N–H and O–H groups in total. The van der Waals surface area contributed by atoms with Crippen LogP contribution < -0.4 is 16.0 Å². The Hall–Kier alpha value is -6.63. The van der Waals surface area contributed by atoms with Gasteiger partial charge in [-0.2, -0.15) is 0 Å². The van der Waals surface area contributed by atoms with Crippen LogP contribution in [0.2, 0.25) is 0 Å². The summed E-state index contributed by atoms with van der Waals surface area (Å²) >= 11 is 0. The van der Waals surface area contributed by atoms with Gasteiger partial charge in [-0.25, -0.2) is 18.4 Å². The molecule has 1 saturated carbocycles. The maximum absolute atomic E-state index is 14.7. The maximum Gasteiger partial charge on any atom is 0.338 e. The van der Waals surface area contributed by atoms with Crippen molar-refractivity contribution in [3.8, 4) is 0 Å². The molecular weight excluding hydrogens is 877 g/mol. The molecular formula is C46H57F2N9O10. The number of rotatable bonds is 12. The van der Waals surface area contributed by atoms with Crippen molar-refractivity contribution in [2.45, 2.75) is 121 Å². The Morgan fingerprint density at radius 2 is 1.66 bits per heavy atom. The average Bonchev–Trinajstić information content (AvgIpc) is 3.98. The fraction of sp³-hybridized carbons (Fsp3) is 0.565. The van der Waals surface area contributed by atoms with E-state index in [0.29, 0.717) is 18.9 Å². The van der Waals surface area contributed by atoms with Crippen LogP contribution in [0.5, 0.6) is 0 Å². The topological polar surface area (TPSA) is 250 Å². The Kier molecular flexibility index (Phi) is 15.9. The lowest BCUT2D eigenvalue weighted by atomic mass is 9.86. The molecule has 19 nitrogen and oxygen atoms in total. The second-order valence-corrected chi connectivity index (χ2v) is 17.6.